The normalized spacial score (nSPS) is 14.5. The van der Waals surface area contributed by atoms with Crippen molar-refractivity contribution in [2.45, 2.75) is 12.8 Å². The Hall–Kier alpha value is -2.89. The zero-order valence-electron chi connectivity index (χ0n) is 12.4. The minimum absolute atomic E-state index is 0.0800. The van der Waals surface area contributed by atoms with Gasteiger partial charge in [-0.3, -0.25) is 0 Å². The van der Waals surface area contributed by atoms with Gasteiger partial charge in [-0.2, -0.15) is 0 Å². The van der Waals surface area contributed by atoms with Gasteiger partial charge in [0.1, 0.15) is 16.8 Å². The lowest BCUT2D eigenvalue weighted by Gasteiger charge is -2.15. The first-order chi connectivity index (χ1) is 11.2. The minimum Gasteiger partial charge on any atom is -0.506 e. The van der Waals surface area contributed by atoms with Crippen molar-refractivity contribution in [3.63, 3.8) is 0 Å². The van der Waals surface area contributed by atoms with E-state index in [1.54, 1.807) is 41.3 Å². The van der Waals surface area contributed by atoms with Crippen LogP contribution in [-0.2, 0) is 0 Å². The van der Waals surface area contributed by atoms with Crippen molar-refractivity contribution in [1.82, 2.24) is 14.9 Å². The van der Waals surface area contributed by atoms with E-state index < -0.39 is 0 Å². The van der Waals surface area contributed by atoms with E-state index in [1.807, 2.05) is 0 Å². The van der Waals surface area contributed by atoms with Gasteiger partial charge in [0, 0.05) is 13.1 Å². The van der Waals surface area contributed by atoms with E-state index >= 15 is 0 Å². The average Bonchev–Trinajstić information content (AvgIpc) is 3.09. The first kappa shape index (κ1) is 13.8. The first-order valence-electron chi connectivity index (χ1n) is 7.57. The number of aromatic nitrogens is 2. The maximum absolute atomic E-state index is 12.2. The second-order valence-corrected chi connectivity index (χ2v) is 5.55. The maximum Gasteiger partial charge on any atom is 0.415 e. The van der Waals surface area contributed by atoms with Gasteiger partial charge in [-0.15, -0.1) is 0 Å². The third kappa shape index (κ3) is 2.42. The summed E-state index contributed by atoms with van der Waals surface area (Å²) in [5.41, 5.74) is 2.08. The molecule has 0 atom stereocenters. The molecule has 2 aromatic carbocycles. The van der Waals surface area contributed by atoms with Crippen molar-refractivity contribution in [3.05, 3.63) is 36.4 Å². The van der Waals surface area contributed by atoms with Crippen LogP contribution < -0.4 is 4.74 Å². The van der Waals surface area contributed by atoms with E-state index in [0.29, 0.717) is 27.8 Å². The molecule has 0 bridgehead atoms. The number of hydrogen-bond acceptors (Lipinski definition) is 5. The zero-order chi connectivity index (χ0) is 15.8. The molecule has 116 valence electrons. The summed E-state index contributed by atoms with van der Waals surface area (Å²) in [6.45, 7) is 1.46. The summed E-state index contributed by atoms with van der Waals surface area (Å²) in [5, 5.41) is 9.89. The number of rotatable bonds is 1. The van der Waals surface area contributed by atoms with Gasteiger partial charge in [0.25, 0.3) is 0 Å². The van der Waals surface area contributed by atoms with Crippen LogP contribution in [0.5, 0.6) is 11.5 Å². The Morgan fingerprint density at radius 2 is 1.65 bits per heavy atom. The first-order valence-corrected chi connectivity index (χ1v) is 7.57. The lowest BCUT2D eigenvalue weighted by Crippen LogP contribution is -2.30. The Morgan fingerprint density at radius 1 is 1.00 bits per heavy atom. The third-order valence-electron chi connectivity index (χ3n) is 4.00. The van der Waals surface area contributed by atoms with Crippen molar-refractivity contribution in [3.8, 4) is 11.5 Å². The molecule has 0 unspecified atom stereocenters. The predicted octanol–water partition coefficient (Wildman–Crippen LogP) is 3.08. The third-order valence-corrected chi connectivity index (χ3v) is 4.00. The lowest BCUT2D eigenvalue weighted by molar-refractivity contribution is 0.163. The van der Waals surface area contributed by atoms with E-state index in [4.69, 9.17) is 4.74 Å². The monoisotopic (exact) mass is 309 g/mol. The van der Waals surface area contributed by atoms with E-state index in [1.165, 1.54) is 0 Å². The zero-order valence-corrected chi connectivity index (χ0v) is 12.4. The molecule has 1 aromatic heterocycles. The number of aromatic hydroxyl groups is 1. The van der Waals surface area contributed by atoms with Crippen LogP contribution >= 0.6 is 0 Å². The van der Waals surface area contributed by atoms with Crippen molar-refractivity contribution < 1.29 is 14.6 Å². The smallest absolute Gasteiger partial charge is 0.415 e. The number of amides is 1. The average molecular weight is 309 g/mol. The van der Waals surface area contributed by atoms with Crippen LogP contribution in [0.4, 0.5) is 4.79 Å². The second-order valence-electron chi connectivity index (χ2n) is 5.55. The fourth-order valence-corrected chi connectivity index (χ4v) is 2.82. The molecule has 1 saturated heterocycles. The van der Waals surface area contributed by atoms with Crippen LogP contribution in [0.3, 0.4) is 0 Å². The molecule has 3 aromatic rings. The van der Waals surface area contributed by atoms with Gasteiger partial charge >= 0.3 is 6.09 Å². The molecule has 4 rings (SSSR count). The van der Waals surface area contributed by atoms with Crippen LogP contribution in [0.25, 0.3) is 22.1 Å². The number of benzene rings is 2. The Labute approximate surface area is 132 Å². The summed E-state index contributed by atoms with van der Waals surface area (Å²) in [4.78, 5) is 22.8. The molecule has 23 heavy (non-hydrogen) atoms. The van der Waals surface area contributed by atoms with Gasteiger partial charge in [0.2, 0.25) is 0 Å². The van der Waals surface area contributed by atoms with Crippen LogP contribution in [0.15, 0.2) is 36.4 Å². The molecule has 1 N–H and O–H groups in total. The van der Waals surface area contributed by atoms with Crippen LogP contribution in [0, 0.1) is 0 Å². The number of carbonyl (C=O) groups is 1. The Balaban J connectivity index is 1.79. The Bertz CT molecular complexity index is 904. The summed E-state index contributed by atoms with van der Waals surface area (Å²) >= 11 is 0. The second kappa shape index (κ2) is 5.39. The summed E-state index contributed by atoms with van der Waals surface area (Å²) < 4.78 is 5.51. The molecule has 1 amide bonds. The van der Waals surface area contributed by atoms with Gasteiger partial charge in [-0.25, -0.2) is 14.8 Å². The maximum atomic E-state index is 12.2. The highest BCUT2D eigenvalue weighted by molar-refractivity contribution is 5.92. The van der Waals surface area contributed by atoms with E-state index in [-0.39, 0.29) is 11.8 Å². The van der Waals surface area contributed by atoms with Crippen LogP contribution in [0.1, 0.15) is 12.8 Å². The van der Waals surface area contributed by atoms with E-state index in [2.05, 4.69) is 9.97 Å². The Kier molecular flexibility index (Phi) is 3.22. The fourth-order valence-electron chi connectivity index (χ4n) is 2.82. The van der Waals surface area contributed by atoms with Gasteiger partial charge in [0.15, 0.2) is 5.75 Å². The highest BCUT2D eigenvalue weighted by Crippen LogP contribution is 2.28. The van der Waals surface area contributed by atoms with Crippen molar-refractivity contribution >= 4 is 28.2 Å². The lowest BCUT2D eigenvalue weighted by atomic mass is 10.2. The molecule has 1 fully saturated rings. The number of likely N-dealkylation sites (tertiary alicyclic amines) is 1. The molecule has 0 saturated carbocycles. The molecule has 6 nitrogen and oxygen atoms in total. The number of phenolic OH excluding ortho intramolecular Hbond substituents is 1. The summed E-state index contributed by atoms with van der Waals surface area (Å²) in [5.74, 6) is 0.466. The number of hydrogen-bond donors (Lipinski definition) is 1. The predicted molar refractivity (Wildman–Crippen MR) is 85.5 cm³/mol. The van der Waals surface area contributed by atoms with Crippen LogP contribution in [-0.4, -0.2) is 39.2 Å². The molecule has 1 aliphatic rings. The van der Waals surface area contributed by atoms with Crippen LogP contribution in [0.2, 0.25) is 0 Å². The van der Waals surface area contributed by atoms with Crippen molar-refractivity contribution in [2.75, 3.05) is 13.1 Å². The van der Waals surface area contributed by atoms with Gasteiger partial charge < -0.3 is 14.7 Å². The minimum atomic E-state index is -0.354. The molecule has 0 aliphatic carbocycles. The van der Waals surface area contributed by atoms with Crippen molar-refractivity contribution in [1.29, 1.82) is 0 Å². The Morgan fingerprint density at radius 3 is 2.43 bits per heavy atom. The number of ether oxygens (including phenoxy) is 1. The number of phenols is 1. The van der Waals surface area contributed by atoms with Gasteiger partial charge in [-0.1, -0.05) is 12.1 Å². The molecule has 0 radical (unpaired) electrons. The van der Waals surface area contributed by atoms with Gasteiger partial charge in [0.05, 0.1) is 11.0 Å². The number of para-hydroxylation sites is 2. The van der Waals surface area contributed by atoms with E-state index in [9.17, 15) is 9.90 Å². The van der Waals surface area contributed by atoms with E-state index in [0.717, 1.165) is 25.9 Å². The molecule has 1 aliphatic heterocycles. The highest BCUT2D eigenvalue weighted by atomic mass is 16.6. The number of nitrogens with zero attached hydrogens (tertiary/aromatic N) is 3. The molecule has 0 spiro atoms. The topological polar surface area (TPSA) is 75.5 Å². The molecule has 2 heterocycles. The van der Waals surface area contributed by atoms with Crippen molar-refractivity contribution in [2.24, 2.45) is 0 Å². The summed E-state index contributed by atoms with van der Waals surface area (Å²) in [6.07, 6.45) is 1.66. The number of carbonyl (C=O) groups excluding carboxylic acids is 1. The fraction of sp³-hybridized carbons (Fsp3) is 0.235. The summed E-state index contributed by atoms with van der Waals surface area (Å²) in [7, 11) is 0. The largest absolute Gasteiger partial charge is 0.506 e. The quantitative estimate of drug-likeness (QED) is 0.699. The van der Waals surface area contributed by atoms with Gasteiger partial charge in [-0.05, 0) is 37.1 Å². The SMILES string of the molecule is O=C(Oc1cccc2nc3c(O)cccc3nc12)N1CCCC1. The highest BCUT2D eigenvalue weighted by Gasteiger charge is 2.21. The molecular formula is C17H15N3O3. The standard InChI is InChI=1S/C17H15N3O3/c21-13-7-3-5-11-15(13)18-12-6-4-8-14(16(12)19-11)23-17(22)20-9-1-2-10-20/h3-8,21H,1-2,9-10H2. The number of fused-ring (bicyclic) bond motifs is 2. The molecular weight excluding hydrogens is 294 g/mol. The molecule has 6 heteroatoms. The summed E-state index contributed by atoms with van der Waals surface area (Å²) in [6, 6.07) is 10.3.